The molecule has 1 fully saturated rings. The lowest BCUT2D eigenvalue weighted by atomic mass is 10.1. The number of aromatic nitrogens is 2. The van der Waals surface area contributed by atoms with Crippen LogP contribution in [0.4, 0.5) is 5.69 Å². The molecule has 31 heavy (non-hydrogen) atoms. The van der Waals surface area contributed by atoms with E-state index in [9.17, 15) is 4.79 Å². The number of ether oxygens (including phenoxy) is 1. The standard InChI is InChI=1S/C24H25ClN4O2/c1-17-4-2-3-5-22(17)27-10-12-28(13-11-27)24(30)21-14-20-16-31-23(15-29(20)26-21)18-6-8-19(25)9-7-18/h2-9,14,23H,10-13,15-16H2,1H3/t23-/m1/s1. The number of anilines is 1. The van der Waals surface area contributed by atoms with Crippen LogP contribution in [0.25, 0.3) is 0 Å². The van der Waals surface area contributed by atoms with Gasteiger partial charge < -0.3 is 14.5 Å². The van der Waals surface area contributed by atoms with Crippen molar-refractivity contribution in [2.75, 3.05) is 31.1 Å². The van der Waals surface area contributed by atoms with Crippen molar-refractivity contribution < 1.29 is 9.53 Å². The summed E-state index contributed by atoms with van der Waals surface area (Å²) >= 11 is 5.99. The fraction of sp³-hybridized carbons (Fsp3) is 0.333. The Balaban J connectivity index is 1.25. The van der Waals surface area contributed by atoms with Crippen LogP contribution in [-0.2, 0) is 17.9 Å². The molecule has 0 radical (unpaired) electrons. The first-order valence-electron chi connectivity index (χ1n) is 10.6. The van der Waals surface area contributed by atoms with Gasteiger partial charge in [0, 0.05) is 36.9 Å². The van der Waals surface area contributed by atoms with Crippen LogP contribution in [0.1, 0.15) is 33.4 Å². The molecule has 0 unspecified atom stereocenters. The molecule has 0 N–H and O–H groups in total. The highest BCUT2D eigenvalue weighted by Gasteiger charge is 2.28. The number of benzene rings is 2. The van der Waals surface area contributed by atoms with Gasteiger partial charge in [-0.25, -0.2) is 0 Å². The summed E-state index contributed by atoms with van der Waals surface area (Å²) in [5, 5.41) is 5.32. The van der Waals surface area contributed by atoms with Gasteiger partial charge in [0.2, 0.25) is 0 Å². The van der Waals surface area contributed by atoms with E-state index >= 15 is 0 Å². The second-order valence-electron chi connectivity index (χ2n) is 8.12. The van der Waals surface area contributed by atoms with Gasteiger partial charge >= 0.3 is 0 Å². The molecule has 2 aromatic carbocycles. The number of fused-ring (bicyclic) bond motifs is 1. The summed E-state index contributed by atoms with van der Waals surface area (Å²) in [6.07, 6.45) is -0.0923. The van der Waals surface area contributed by atoms with Gasteiger partial charge in [0.1, 0.15) is 6.10 Å². The van der Waals surface area contributed by atoms with Crippen LogP contribution in [0.15, 0.2) is 54.6 Å². The summed E-state index contributed by atoms with van der Waals surface area (Å²) in [5.41, 5.74) is 5.01. The average molecular weight is 437 g/mol. The Morgan fingerprint density at radius 2 is 1.81 bits per heavy atom. The molecule has 0 bridgehead atoms. The van der Waals surface area contributed by atoms with E-state index in [4.69, 9.17) is 16.3 Å². The van der Waals surface area contributed by atoms with Crippen LogP contribution >= 0.6 is 11.6 Å². The zero-order chi connectivity index (χ0) is 21.4. The van der Waals surface area contributed by atoms with Gasteiger partial charge in [0.05, 0.1) is 18.8 Å². The number of aryl methyl sites for hydroxylation is 1. The van der Waals surface area contributed by atoms with Crippen molar-refractivity contribution in [2.45, 2.75) is 26.2 Å². The SMILES string of the molecule is Cc1ccccc1N1CCN(C(=O)c2cc3n(n2)C[C@H](c2ccc(Cl)cc2)OC3)CC1. The van der Waals surface area contributed by atoms with Gasteiger partial charge in [-0.1, -0.05) is 41.9 Å². The Bertz CT molecular complexity index is 1090. The number of carbonyl (C=O) groups excluding carboxylic acids is 1. The van der Waals surface area contributed by atoms with Crippen LogP contribution in [-0.4, -0.2) is 46.8 Å². The van der Waals surface area contributed by atoms with Gasteiger partial charge in [-0.05, 0) is 42.3 Å². The number of amides is 1. The number of halogens is 1. The number of nitrogens with zero attached hydrogens (tertiary/aromatic N) is 4. The molecular formula is C24H25ClN4O2. The Kier molecular flexibility index (Phi) is 5.42. The van der Waals surface area contributed by atoms with Crippen molar-refractivity contribution >= 4 is 23.2 Å². The van der Waals surface area contributed by atoms with Crippen molar-refractivity contribution in [2.24, 2.45) is 0 Å². The molecule has 3 aromatic rings. The Morgan fingerprint density at radius 3 is 2.55 bits per heavy atom. The maximum absolute atomic E-state index is 13.1. The molecule has 0 spiro atoms. The van der Waals surface area contributed by atoms with Gasteiger partial charge in [-0.3, -0.25) is 9.48 Å². The number of para-hydroxylation sites is 1. The molecule has 2 aliphatic heterocycles. The molecule has 1 saturated heterocycles. The first-order valence-corrected chi connectivity index (χ1v) is 11.0. The highest BCUT2D eigenvalue weighted by atomic mass is 35.5. The lowest BCUT2D eigenvalue weighted by Crippen LogP contribution is -2.49. The molecule has 1 aromatic heterocycles. The highest BCUT2D eigenvalue weighted by Crippen LogP contribution is 2.28. The predicted octanol–water partition coefficient (Wildman–Crippen LogP) is 4.08. The number of rotatable bonds is 3. The van der Waals surface area contributed by atoms with Crippen LogP contribution in [0, 0.1) is 6.92 Å². The third-order valence-corrected chi connectivity index (χ3v) is 6.37. The predicted molar refractivity (Wildman–Crippen MR) is 121 cm³/mol. The second kappa shape index (κ2) is 8.36. The molecule has 1 amide bonds. The van der Waals surface area contributed by atoms with Crippen molar-refractivity contribution in [1.29, 1.82) is 0 Å². The summed E-state index contributed by atoms with van der Waals surface area (Å²) in [6, 6.07) is 17.9. The summed E-state index contributed by atoms with van der Waals surface area (Å²) in [4.78, 5) is 17.3. The molecule has 7 heteroatoms. The summed E-state index contributed by atoms with van der Waals surface area (Å²) in [5.74, 6) is -0.00521. The van der Waals surface area contributed by atoms with Crippen LogP contribution in [0.2, 0.25) is 5.02 Å². The maximum Gasteiger partial charge on any atom is 0.274 e. The smallest absolute Gasteiger partial charge is 0.274 e. The molecule has 1 atom stereocenters. The summed E-state index contributed by atoms with van der Waals surface area (Å²) in [6.45, 7) is 6.19. The van der Waals surface area contributed by atoms with Gasteiger partial charge in [-0.2, -0.15) is 5.10 Å². The number of piperazine rings is 1. The maximum atomic E-state index is 13.1. The molecule has 0 aliphatic carbocycles. The van der Waals surface area contributed by atoms with Crippen LogP contribution in [0.3, 0.4) is 0 Å². The Hall–Kier alpha value is -2.83. The van der Waals surface area contributed by atoms with E-state index in [1.165, 1.54) is 11.3 Å². The normalized spacial score (nSPS) is 18.7. The van der Waals surface area contributed by atoms with Crippen molar-refractivity contribution in [3.05, 3.63) is 82.1 Å². The van der Waals surface area contributed by atoms with E-state index in [0.717, 1.165) is 24.3 Å². The molecule has 5 rings (SSSR count). The third kappa shape index (κ3) is 4.05. The monoisotopic (exact) mass is 436 g/mol. The number of hydrogen-bond acceptors (Lipinski definition) is 4. The molecule has 160 valence electrons. The quantitative estimate of drug-likeness (QED) is 0.620. The second-order valence-corrected chi connectivity index (χ2v) is 8.56. The van der Waals surface area contributed by atoms with E-state index < -0.39 is 0 Å². The largest absolute Gasteiger partial charge is 0.368 e. The minimum absolute atomic E-state index is 0.00521. The number of carbonyl (C=O) groups is 1. The van der Waals surface area contributed by atoms with Gasteiger partial charge in [0.25, 0.3) is 5.91 Å². The van der Waals surface area contributed by atoms with E-state index in [-0.39, 0.29) is 12.0 Å². The summed E-state index contributed by atoms with van der Waals surface area (Å²) in [7, 11) is 0. The zero-order valence-electron chi connectivity index (χ0n) is 17.5. The topological polar surface area (TPSA) is 50.6 Å². The lowest BCUT2D eigenvalue weighted by Gasteiger charge is -2.36. The van der Waals surface area contributed by atoms with Gasteiger partial charge in [-0.15, -0.1) is 0 Å². The van der Waals surface area contributed by atoms with E-state index in [0.29, 0.717) is 37.0 Å². The number of hydrogen-bond donors (Lipinski definition) is 0. The fourth-order valence-corrected chi connectivity index (χ4v) is 4.47. The fourth-order valence-electron chi connectivity index (χ4n) is 4.34. The van der Waals surface area contributed by atoms with E-state index in [1.807, 2.05) is 39.9 Å². The third-order valence-electron chi connectivity index (χ3n) is 6.12. The Labute approximate surface area is 187 Å². The molecule has 0 saturated carbocycles. The first-order chi connectivity index (χ1) is 15.1. The van der Waals surface area contributed by atoms with E-state index in [1.54, 1.807) is 0 Å². The van der Waals surface area contributed by atoms with Crippen molar-refractivity contribution in [3.8, 4) is 0 Å². The van der Waals surface area contributed by atoms with Crippen molar-refractivity contribution in [1.82, 2.24) is 14.7 Å². The zero-order valence-corrected chi connectivity index (χ0v) is 18.3. The molecule has 2 aliphatic rings. The molecule has 3 heterocycles. The molecule has 6 nitrogen and oxygen atoms in total. The minimum Gasteiger partial charge on any atom is -0.368 e. The van der Waals surface area contributed by atoms with E-state index in [2.05, 4.69) is 41.2 Å². The summed E-state index contributed by atoms with van der Waals surface area (Å²) < 4.78 is 7.91. The highest BCUT2D eigenvalue weighted by molar-refractivity contribution is 6.30. The average Bonchev–Trinajstić information content (AvgIpc) is 3.23. The molecular weight excluding hydrogens is 412 g/mol. The lowest BCUT2D eigenvalue weighted by molar-refractivity contribution is -0.00121. The van der Waals surface area contributed by atoms with Gasteiger partial charge in [0.15, 0.2) is 5.69 Å². The minimum atomic E-state index is -0.0923. The van der Waals surface area contributed by atoms with Crippen molar-refractivity contribution in [3.63, 3.8) is 0 Å². The van der Waals surface area contributed by atoms with Crippen LogP contribution < -0.4 is 4.90 Å². The Morgan fingerprint density at radius 1 is 1.06 bits per heavy atom. The van der Waals surface area contributed by atoms with Crippen LogP contribution in [0.5, 0.6) is 0 Å². The first kappa shape index (κ1) is 20.1.